The zero-order valence-electron chi connectivity index (χ0n) is 11.0. The topological polar surface area (TPSA) is 9.23 Å². The van der Waals surface area contributed by atoms with Gasteiger partial charge in [-0.3, -0.25) is 0 Å². The minimum absolute atomic E-state index is 0.833. The molecule has 0 radical (unpaired) electrons. The molecule has 1 aromatic rings. The van der Waals surface area contributed by atoms with Gasteiger partial charge in [-0.25, -0.2) is 0 Å². The maximum atomic E-state index is 5.69. The minimum Gasteiger partial charge on any atom is -0.494 e. The lowest BCUT2D eigenvalue weighted by Crippen LogP contribution is -1.97. The van der Waals surface area contributed by atoms with Gasteiger partial charge in [0.15, 0.2) is 0 Å². The molecule has 0 fully saturated rings. The largest absolute Gasteiger partial charge is 0.494 e. The van der Waals surface area contributed by atoms with Crippen LogP contribution in [0.15, 0.2) is 36.9 Å². The summed E-state index contributed by atoms with van der Waals surface area (Å²) < 4.78 is 5.69. The van der Waals surface area contributed by atoms with Crippen LogP contribution in [-0.2, 0) is 6.42 Å². The quantitative estimate of drug-likeness (QED) is 0.440. The number of aryl methyl sites for hydroxylation is 1. The van der Waals surface area contributed by atoms with Gasteiger partial charge in [-0.2, -0.15) is 0 Å². The van der Waals surface area contributed by atoms with Crippen LogP contribution < -0.4 is 4.74 Å². The lowest BCUT2D eigenvalue weighted by Gasteiger charge is -2.06. The molecule has 0 atom stereocenters. The van der Waals surface area contributed by atoms with Crippen molar-refractivity contribution < 1.29 is 4.74 Å². The molecule has 94 valence electrons. The van der Waals surface area contributed by atoms with Gasteiger partial charge in [0, 0.05) is 0 Å². The summed E-state index contributed by atoms with van der Waals surface area (Å²) in [5.41, 5.74) is 1.36. The second-order valence-electron chi connectivity index (χ2n) is 4.34. The molecule has 0 amide bonds. The van der Waals surface area contributed by atoms with Gasteiger partial charge in [-0.15, -0.1) is 6.58 Å². The Bertz CT molecular complexity index is 300. The molecule has 1 rings (SSSR count). The molecule has 1 heteroatoms. The Balaban J connectivity index is 2.07. The predicted octanol–water partition coefficient (Wildman–Crippen LogP) is 4.76. The van der Waals surface area contributed by atoms with Crippen LogP contribution in [0.1, 0.15) is 44.6 Å². The van der Waals surface area contributed by atoms with E-state index in [1.54, 1.807) is 0 Å². The van der Waals surface area contributed by atoms with Crippen LogP contribution in [0.2, 0.25) is 0 Å². The molecule has 17 heavy (non-hydrogen) atoms. The van der Waals surface area contributed by atoms with Crippen LogP contribution in [0.25, 0.3) is 0 Å². The van der Waals surface area contributed by atoms with E-state index in [2.05, 4.69) is 37.8 Å². The highest BCUT2D eigenvalue weighted by Gasteiger charge is 1.94. The van der Waals surface area contributed by atoms with Gasteiger partial charge in [0.05, 0.1) is 6.61 Å². The van der Waals surface area contributed by atoms with Crippen molar-refractivity contribution in [1.82, 2.24) is 0 Å². The average Bonchev–Trinajstić information content (AvgIpc) is 2.38. The summed E-state index contributed by atoms with van der Waals surface area (Å²) in [5.74, 6) is 0.994. The van der Waals surface area contributed by atoms with Gasteiger partial charge < -0.3 is 4.74 Å². The van der Waals surface area contributed by atoms with Crippen molar-refractivity contribution in [1.29, 1.82) is 0 Å². The van der Waals surface area contributed by atoms with Gasteiger partial charge in [0.2, 0.25) is 0 Å². The van der Waals surface area contributed by atoms with E-state index in [9.17, 15) is 0 Å². The fourth-order valence-electron chi connectivity index (χ4n) is 1.76. The van der Waals surface area contributed by atoms with Gasteiger partial charge in [-0.1, -0.05) is 38.0 Å². The minimum atomic E-state index is 0.833. The first-order chi connectivity index (χ1) is 8.36. The van der Waals surface area contributed by atoms with Gasteiger partial charge in [0.25, 0.3) is 0 Å². The van der Waals surface area contributed by atoms with Crippen LogP contribution in [-0.4, -0.2) is 6.61 Å². The smallest absolute Gasteiger partial charge is 0.119 e. The number of ether oxygens (including phenoxy) is 1. The standard InChI is InChI=1S/C16H24O/c1-3-5-6-7-8-9-14-17-16-12-10-15(4-2)11-13-16/h3,10-13H,1,4-9,14H2,2H3. The van der Waals surface area contributed by atoms with Crippen LogP contribution >= 0.6 is 0 Å². The molecule has 0 N–H and O–H groups in total. The van der Waals surface area contributed by atoms with E-state index < -0.39 is 0 Å². The van der Waals surface area contributed by atoms with Crippen LogP contribution in [0.3, 0.4) is 0 Å². The zero-order valence-corrected chi connectivity index (χ0v) is 11.0. The average molecular weight is 232 g/mol. The Morgan fingerprint density at radius 2 is 1.76 bits per heavy atom. The molecule has 0 aliphatic heterocycles. The number of unbranched alkanes of at least 4 members (excludes halogenated alkanes) is 4. The molecule has 0 saturated carbocycles. The van der Waals surface area contributed by atoms with Crippen molar-refractivity contribution in [3.05, 3.63) is 42.5 Å². The van der Waals surface area contributed by atoms with Crippen molar-refractivity contribution >= 4 is 0 Å². The third kappa shape index (κ3) is 6.15. The molecular weight excluding hydrogens is 208 g/mol. The van der Waals surface area contributed by atoms with Crippen molar-refractivity contribution in [2.24, 2.45) is 0 Å². The van der Waals surface area contributed by atoms with E-state index in [0.717, 1.165) is 31.6 Å². The fourth-order valence-corrected chi connectivity index (χ4v) is 1.76. The van der Waals surface area contributed by atoms with E-state index >= 15 is 0 Å². The summed E-state index contributed by atoms with van der Waals surface area (Å²) >= 11 is 0. The van der Waals surface area contributed by atoms with Crippen LogP contribution in [0.5, 0.6) is 5.75 Å². The molecule has 1 nitrogen and oxygen atoms in total. The maximum Gasteiger partial charge on any atom is 0.119 e. The van der Waals surface area contributed by atoms with Crippen molar-refractivity contribution in [2.45, 2.75) is 45.4 Å². The summed E-state index contributed by atoms with van der Waals surface area (Å²) in [6, 6.07) is 8.41. The van der Waals surface area contributed by atoms with Crippen molar-refractivity contribution in [2.75, 3.05) is 6.61 Å². The fraction of sp³-hybridized carbons (Fsp3) is 0.500. The van der Waals surface area contributed by atoms with Crippen LogP contribution in [0, 0.1) is 0 Å². The SMILES string of the molecule is C=CCCCCCCOc1ccc(CC)cc1. The van der Waals surface area contributed by atoms with Crippen molar-refractivity contribution in [3.63, 3.8) is 0 Å². The Labute approximate surface area is 106 Å². The Morgan fingerprint density at radius 1 is 1.06 bits per heavy atom. The summed E-state index contributed by atoms with van der Waals surface area (Å²) in [6.07, 6.45) is 9.15. The number of allylic oxidation sites excluding steroid dienone is 1. The molecule has 0 aromatic heterocycles. The van der Waals surface area contributed by atoms with E-state index in [1.165, 1.54) is 24.8 Å². The first-order valence-corrected chi connectivity index (χ1v) is 6.69. The highest BCUT2D eigenvalue weighted by Crippen LogP contribution is 2.13. The van der Waals surface area contributed by atoms with E-state index in [1.807, 2.05) is 6.08 Å². The molecule has 0 saturated heterocycles. The molecule has 0 unspecified atom stereocenters. The van der Waals surface area contributed by atoms with E-state index in [4.69, 9.17) is 4.74 Å². The third-order valence-corrected chi connectivity index (χ3v) is 2.90. The van der Waals surface area contributed by atoms with E-state index in [-0.39, 0.29) is 0 Å². The number of hydrogen-bond acceptors (Lipinski definition) is 1. The predicted molar refractivity (Wildman–Crippen MR) is 74.6 cm³/mol. The van der Waals surface area contributed by atoms with E-state index in [0.29, 0.717) is 0 Å². The summed E-state index contributed by atoms with van der Waals surface area (Å²) in [6.45, 7) is 6.72. The Morgan fingerprint density at radius 3 is 2.41 bits per heavy atom. The molecule has 1 aromatic carbocycles. The highest BCUT2D eigenvalue weighted by molar-refractivity contribution is 5.27. The molecule has 0 aliphatic carbocycles. The zero-order chi connectivity index (χ0) is 12.3. The summed E-state index contributed by atoms with van der Waals surface area (Å²) in [4.78, 5) is 0. The second kappa shape index (κ2) is 8.86. The number of benzene rings is 1. The molecule has 0 heterocycles. The molecule has 0 spiro atoms. The molecule has 0 bridgehead atoms. The van der Waals surface area contributed by atoms with Crippen LogP contribution in [0.4, 0.5) is 0 Å². The highest BCUT2D eigenvalue weighted by atomic mass is 16.5. The Hall–Kier alpha value is -1.24. The lowest BCUT2D eigenvalue weighted by molar-refractivity contribution is 0.304. The van der Waals surface area contributed by atoms with Gasteiger partial charge >= 0.3 is 0 Å². The first kappa shape index (κ1) is 13.8. The monoisotopic (exact) mass is 232 g/mol. The molecular formula is C16H24O. The Kier molecular flexibility index (Phi) is 7.20. The number of rotatable bonds is 9. The van der Waals surface area contributed by atoms with Crippen molar-refractivity contribution in [3.8, 4) is 5.75 Å². The maximum absolute atomic E-state index is 5.69. The number of hydrogen-bond donors (Lipinski definition) is 0. The first-order valence-electron chi connectivity index (χ1n) is 6.69. The summed E-state index contributed by atoms with van der Waals surface area (Å²) in [5, 5.41) is 0. The van der Waals surface area contributed by atoms with Gasteiger partial charge in [0.1, 0.15) is 5.75 Å². The third-order valence-electron chi connectivity index (χ3n) is 2.90. The normalized spacial score (nSPS) is 10.2. The summed E-state index contributed by atoms with van der Waals surface area (Å²) in [7, 11) is 0. The molecule has 0 aliphatic rings. The lowest BCUT2D eigenvalue weighted by atomic mass is 10.1. The second-order valence-corrected chi connectivity index (χ2v) is 4.34. The van der Waals surface area contributed by atoms with Gasteiger partial charge in [-0.05, 0) is 43.4 Å².